The van der Waals surface area contributed by atoms with Crippen LogP contribution >= 0.6 is 11.6 Å². The van der Waals surface area contributed by atoms with Gasteiger partial charge >= 0.3 is 0 Å². The predicted octanol–water partition coefficient (Wildman–Crippen LogP) is 2.08. The molecule has 6 nitrogen and oxygen atoms in total. The van der Waals surface area contributed by atoms with Gasteiger partial charge < -0.3 is 4.74 Å². The van der Waals surface area contributed by atoms with E-state index in [0.717, 1.165) is 0 Å². The molecule has 0 saturated heterocycles. The fourth-order valence-electron chi connectivity index (χ4n) is 1.85. The lowest BCUT2D eigenvalue weighted by Crippen LogP contribution is -2.27. The van der Waals surface area contributed by atoms with Crippen molar-refractivity contribution in [3.63, 3.8) is 0 Å². The van der Waals surface area contributed by atoms with Crippen LogP contribution in [0.4, 0.5) is 0 Å². The first-order chi connectivity index (χ1) is 9.92. The van der Waals surface area contributed by atoms with E-state index < -0.39 is 10.0 Å². The van der Waals surface area contributed by atoms with Crippen LogP contribution in [0.3, 0.4) is 0 Å². The Morgan fingerprint density at radius 3 is 2.90 bits per heavy atom. The number of hydrogen-bond donors (Lipinski definition) is 1. The van der Waals surface area contributed by atoms with Crippen LogP contribution in [0.1, 0.15) is 20.3 Å². The lowest BCUT2D eigenvalue weighted by Gasteiger charge is -2.09. The molecule has 0 saturated carbocycles. The molecule has 2 heterocycles. The van der Waals surface area contributed by atoms with Gasteiger partial charge in [0.25, 0.3) is 10.0 Å². The minimum atomic E-state index is -3.71. The molecule has 0 spiro atoms. The van der Waals surface area contributed by atoms with Crippen LogP contribution in [0.15, 0.2) is 29.4 Å². The van der Waals surface area contributed by atoms with Crippen LogP contribution in [0.2, 0.25) is 5.15 Å². The molecule has 2 aromatic heterocycles. The molecule has 0 radical (unpaired) electrons. The Kier molecular flexibility index (Phi) is 5.21. The summed E-state index contributed by atoms with van der Waals surface area (Å²) in [6.07, 6.45) is 2.34. The van der Waals surface area contributed by atoms with Crippen molar-refractivity contribution in [2.45, 2.75) is 31.4 Å². The van der Waals surface area contributed by atoms with Gasteiger partial charge in [0.05, 0.1) is 6.10 Å². The van der Waals surface area contributed by atoms with E-state index in [0.29, 0.717) is 18.7 Å². The SMILES string of the molecule is CC(C)OCCCNS(=O)(=O)c1c(Cl)nc2ccccn12. The van der Waals surface area contributed by atoms with Crippen molar-refractivity contribution in [3.8, 4) is 0 Å². The molecule has 116 valence electrons. The van der Waals surface area contributed by atoms with Crippen molar-refractivity contribution in [1.82, 2.24) is 14.1 Å². The third-order valence-electron chi connectivity index (χ3n) is 2.77. The first-order valence-corrected chi connectivity index (χ1v) is 8.52. The van der Waals surface area contributed by atoms with Gasteiger partial charge in [-0.25, -0.2) is 18.1 Å². The lowest BCUT2D eigenvalue weighted by atomic mass is 10.4. The number of rotatable bonds is 7. The number of ether oxygens (including phenoxy) is 1. The van der Waals surface area contributed by atoms with E-state index in [2.05, 4.69) is 9.71 Å². The van der Waals surface area contributed by atoms with Crippen molar-refractivity contribution >= 4 is 27.3 Å². The molecule has 2 aromatic rings. The highest BCUT2D eigenvalue weighted by Gasteiger charge is 2.23. The van der Waals surface area contributed by atoms with Gasteiger partial charge in [-0.05, 0) is 32.4 Å². The summed E-state index contributed by atoms with van der Waals surface area (Å²) in [5, 5.41) is -0.0725. The standard InChI is InChI=1S/C13H18ClN3O3S/c1-10(2)20-9-5-7-15-21(18,19)13-12(14)16-11-6-3-4-8-17(11)13/h3-4,6,8,10,15H,5,7,9H2,1-2H3. The van der Waals surface area contributed by atoms with E-state index in [4.69, 9.17) is 16.3 Å². The molecular weight excluding hydrogens is 314 g/mol. The summed E-state index contributed by atoms with van der Waals surface area (Å²) in [5.41, 5.74) is 0.492. The van der Waals surface area contributed by atoms with Gasteiger partial charge in [-0.1, -0.05) is 17.7 Å². The highest BCUT2D eigenvalue weighted by molar-refractivity contribution is 7.89. The van der Waals surface area contributed by atoms with E-state index in [-0.39, 0.29) is 22.8 Å². The molecule has 0 aliphatic rings. The summed E-state index contributed by atoms with van der Waals surface area (Å²) < 4.78 is 34.0. The molecule has 21 heavy (non-hydrogen) atoms. The minimum Gasteiger partial charge on any atom is -0.379 e. The van der Waals surface area contributed by atoms with Gasteiger partial charge in [-0.3, -0.25) is 4.40 Å². The number of sulfonamides is 1. The first kappa shape index (κ1) is 16.2. The molecule has 8 heteroatoms. The number of fused-ring (bicyclic) bond motifs is 1. The summed E-state index contributed by atoms with van der Waals surface area (Å²) >= 11 is 5.96. The molecule has 0 aromatic carbocycles. The van der Waals surface area contributed by atoms with E-state index in [1.165, 1.54) is 4.40 Å². The summed E-state index contributed by atoms with van der Waals surface area (Å²) in [7, 11) is -3.71. The zero-order chi connectivity index (χ0) is 15.5. The maximum Gasteiger partial charge on any atom is 0.259 e. The summed E-state index contributed by atoms with van der Waals surface area (Å²) in [4.78, 5) is 4.03. The number of imidazole rings is 1. The normalized spacial score (nSPS) is 12.4. The molecular formula is C13H18ClN3O3S. The number of hydrogen-bond acceptors (Lipinski definition) is 4. The van der Waals surface area contributed by atoms with Gasteiger partial charge in [0.1, 0.15) is 5.65 Å². The van der Waals surface area contributed by atoms with Crippen LogP contribution in [-0.4, -0.2) is 37.1 Å². The Bertz CT molecular complexity index is 713. The number of pyridine rings is 1. The zero-order valence-corrected chi connectivity index (χ0v) is 13.5. The third kappa shape index (κ3) is 3.94. The highest BCUT2D eigenvalue weighted by Crippen LogP contribution is 2.22. The third-order valence-corrected chi connectivity index (χ3v) is 4.62. The molecule has 0 atom stereocenters. The number of halogens is 1. The van der Waals surface area contributed by atoms with Crippen LogP contribution in [0.25, 0.3) is 5.65 Å². The first-order valence-electron chi connectivity index (χ1n) is 6.65. The Hall–Kier alpha value is -1.15. The smallest absolute Gasteiger partial charge is 0.259 e. The zero-order valence-electron chi connectivity index (χ0n) is 11.9. The average Bonchev–Trinajstić information content (AvgIpc) is 2.74. The summed E-state index contributed by atoms with van der Waals surface area (Å²) in [6.45, 7) is 4.65. The van der Waals surface area contributed by atoms with Gasteiger partial charge in [0, 0.05) is 19.3 Å². The van der Waals surface area contributed by atoms with E-state index in [9.17, 15) is 8.42 Å². The van der Waals surface area contributed by atoms with Crippen molar-refractivity contribution in [2.24, 2.45) is 0 Å². The maximum atomic E-state index is 12.3. The second-order valence-electron chi connectivity index (χ2n) is 4.81. The molecule has 1 N–H and O–H groups in total. The Morgan fingerprint density at radius 2 is 2.19 bits per heavy atom. The monoisotopic (exact) mass is 331 g/mol. The fraction of sp³-hybridized carbons (Fsp3) is 0.462. The Morgan fingerprint density at radius 1 is 1.43 bits per heavy atom. The second-order valence-corrected chi connectivity index (χ2v) is 6.85. The minimum absolute atomic E-state index is 0.0351. The largest absolute Gasteiger partial charge is 0.379 e. The Balaban J connectivity index is 2.10. The van der Waals surface area contributed by atoms with Gasteiger partial charge in [-0.2, -0.15) is 0 Å². The molecule has 0 aliphatic carbocycles. The number of aromatic nitrogens is 2. The molecule has 0 amide bonds. The number of nitrogens with one attached hydrogen (secondary N) is 1. The average molecular weight is 332 g/mol. The fourth-order valence-corrected chi connectivity index (χ4v) is 3.56. The van der Waals surface area contributed by atoms with Crippen molar-refractivity contribution < 1.29 is 13.2 Å². The number of nitrogens with zero attached hydrogens (tertiary/aromatic N) is 2. The van der Waals surface area contributed by atoms with Crippen molar-refractivity contribution in [3.05, 3.63) is 29.5 Å². The van der Waals surface area contributed by atoms with E-state index in [1.807, 2.05) is 13.8 Å². The van der Waals surface area contributed by atoms with Gasteiger partial charge in [-0.15, -0.1) is 0 Å². The van der Waals surface area contributed by atoms with Crippen LogP contribution in [0, 0.1) is 0 Å². The molecule has 2 rings (SSSR count). The van der Waals surface area contributed by atoms with Crippen molar-refractivity contribution in [1.29, 1.82) is 0 Å². The van der Waals surface area contributed by atoms with Crippen LogP contribution in [-0.2, 0) is 14.8 Å². The molecule has 0 aliphatic heterocycles. The maximum absolute atomic E-state index is 12.3. The topological polar surface area (TPSA) is 72.7 Å². The highest BCUT2D eigenvalue weighted by atomic mass is 35.5. The predicted molar refractivity (Wildman–Crippen MR) is 81.1 cm³/mol. The quantitative estimate of drug-likeness (QED) is 0.788. The van der Waals surface area contributed by atoms with Crippen LogP contribution in [0.5, 0.6) is 0 Å². The Labute approximate surface area is 129 Å². The van der Waals surface area contributed by atoms with E-state index >= 15 is 0 Å². The molecule has 0 unspecified atom stereocenters. The summed E-state index contributed by atoms with van der Waals surface area (Å²) in [6, 6.07) is 5.19. The van der Waals surface area contributed by atoms with E-state index in [1.54, 1.807) is 24.4 Å². The second kappa shape index (κ2) is 6.74. The van der Waals surface area contributed by atoms with Gasteiger partial charge in [0.15, 0.2) is 10.2 Å². The lowest BCUT2D eigenvalue weighted by molar-refractivity contribution is 0.0778. The summed E-state index contributed by atoms with van der Waals surface area (Å²) in [5.74, 6) is 0. The molecule has 0 bridgehead atoms. The van der Waals surface area contributed by atoms with Crippen molar-refractivity contribution in [2.75, 3.05) is 13.2 Å². The molecule has 0 fully saturated rings. The van der Waals surface area contributed by atoms with Crippen LogP contribution < -0.4 is 4.72 Å². The van der Waals surface area contributed by atoms with Gasteiger partial charge in [0.2, 0.25) is 0 Å².